The van der Waals surface area contributed by atoms with Crippen molar-refractivity contribution in [1.82, 2.24) is 0 Å². The summed E-state index contributed by atoms with van der Waals surface area (Å²) in [5.74, 6) is 0. The van der Waals surface area contributed by atoms with Gasteiger partial charge in [-0.3, -0.25) is 0 Å². The highest BCUT2D eigenvalue weighted by atomic mass is 16.3. The van der Waals surface area contributed by atoms with Gasteiger partial charge in [-0.15, -0.1) is 0 Å². The molecule has 1 aliphatic carbocycles. The summed E-state index contributed by atoms with van der Waals surface area (Å²) in [4.78, 5) is 7.11. The third-order valence-electron chi connectivity index (χ3n) is 14.6. The Morgan fingerprint density at radius 1 is 0.324 bits per heavy atom. The Bertz CT molecular complexity index is 3870. The lowest BCUT2D eigenvalue weighted by atomic mass is 9.64. The molecule has 4 nitrogen and oxygen atoms in total. The Morgan fingerprint density at radius 2 is 0.845 bits per heavy atom. The SMILES string of the molecule is c1ccc(N(c2cccc(-c3ccc4oc5c(N(c6ccccc6)c6ccccc6)cccc5c4c3)c2)c2ccc3c(c2)-c2ccccc2C32c3ccccc3N(c3ccccc3)c3ccccc32)cc1. The summed E-state index contributed by atoms with van der Waals surface area (Å²) in [5, 5.41) is 2.15. The van der Waals surface area contributed by atoms with Gasteiger partial charge in [-0.2, -0.15) is 0 Å². The molecule has 1 aliphatic heterocycles. The molecule has 1 spiro atoms. The van der Waals surface area contributed by atoms with Gasteiger partial charge in [0.05, 0.1) is 22.5 Å². The van der Waals surface area contributed by atoms with Gasteiger partial charge in [-0.25, -0.2) is 0 Å². The smallest absolute Gasteiger partial charge is 0.159 e. The molecule has 0 saturated heterocycles. The van der Waals surface area contributed by atoms with Crippen LogP contribution in [0, 0.1) is 0 Å². The van der Waals surface area contributed by atoms with Crippen LogP contribution in [0.25, 0.3) is 44.2 Å². The zero-order valence-electron chi connectivity index (χ0n) is 38.7. The van der Waals surface area contributed by atoms with E-state index in [1.54, 1.807) is 0 Å². The van der Waals surface area contributed by atoms with Gasteiger partial charge < -0.3 is 19.1 Å². The maximum absolute atomic E-state index is 6.79. The summed E-state index contributed by atoms with van der Waals surface area (Å²) >= 11 is 0. The molecular weight excluding hydrogens is 863 g/mol. The van der Waals surface area contributed by atoms with Crippen molar-refractivity contribution in [2.75, 3.05) is 14.7 Å². The number of rotatable bonds is 8. The predicted octanol–water partition coefficient (Wildman–Crippen LogP) is 18.3. The van der Waals surface area contributed by atoms with Gasteiger partial charge in [0.2, 0.25) is 0 Å². The number of fused-ring (bicyclic) bond motifs is 12. The van der Waals surface area contributed by atoms with Gasteiger partial charge in [0, 0.05) is 44.9 Å². The first-order valence-corrected chi connectivity index (χ1v) is 24.3. The number of nitrogens with zero attached hydrogens (tertiary/aromatic N) is 3. The van der Waals surface area contributed by atoms with Crippen molar-refractivity contribution in [3.05, 3.63) is 295 Å². The fourth-order valence-corrected chi connectivity index (χ4v) is 11.7. The minimum atomic E-state index is -0.529. The van der Waals surface area contributed by atoms with Crippen molar-refractivity contribution in [2.24, 2.45) is 0 Å². The monoisotopic (exact) mass is 907 g/mol. The van der Waals surface area contributed by atoms with Crippen molar-refractivity contribution < 1.29 is 4.42 Å². The largest absolute Gasteiger partial charge is 0.454 e. The summed E-state index contributed by atoms with van der Waals surface area (Å²) in [7, 11) is 0. The van der Waals surface area contributed by atoms with Gasteiger partial charge in [-0.1, -0.05) is 170 Å². The lowest BCUT2D eigenvalue weighted by Gasteiger charge is -2.45. The molecule has 2 aliphatic rings. The van der Waals surface area contributed by atoms with Gasteiger partial charge in [0.25, 0.3) is 0 Å². The highest BCUT2D eigenvalue weighted by molar-refractivity contribution is 6.11. The van der Waals surface area contributed by atoms with E-state index in [1.165, 1.54) is 44.8 Å². The maximum Gasteiger partial charge on any atom is 0.159 e. The lowest BCUT2D eigenvalue weighted by molar-refractivity contribution is 0.669. The predicted molar refractivity (Wildman–Crippen MR) is 294 cm³/mol. The van der Waals surface area contributed by atoms with Gasteiger partial charge >= 0.3 is 0 Å². The Hall–Kier alpha value is -9.38. The number of furan rings is 1. The van der Waals surface area contributed by atoms with Crippen molar-refractivity contribution in [3.63, 3.8) is 0 Å². The highest BCUT2D eigenvalue weighted by Crippen LogP contribution is 2.64. The first-order chi connectivity index (χ1) is 35.2. The van der Waals surface area contributed by atoms with E-state index in [0.29, 0.717) is 0 Å². The maximum atomic E-state index is 6.79. The molecule has 0 bridgehead atoms. The van der Waals surface area contributed by atoms with Crippen LogP contribution in [0.1, 0.15) is 22.3 Å². The van der Waals surface area contributed by atoms with Crippen LogP contribution in [0.4, 0.5) is 51.2 Å². The first-order valence-electron chi connectivity index (χ1n) is 24.3. The van der Waals surface area contributed by atoms with Crippen LogP contribution < -0.4 is 14.7 Å². The third-order valence-corrected chi connectivity index (χ3v) is 14.6. The third kappa shape index (κ3) is 6.32. The fourth-order valence-electron chi connectivity index (χ4n) is 11.7. The summed E-state index contributed by atoms with van der Waals surface area (Å²) < 4.78 is 6.79. The molecular formula is C67H45N3O. The standard InChI is InChI=1S/C67H45N3O/c1-5-22-48(23-6-1)68(52-30-19-21-46(43-52)47-39-42-65-57(44-47)55-32-20-38-64(66(55)71-65)69(49-24-7-2-8-25-49)50-26-9-3-10-27-50)53-40-41-59-56(45-53)54-31-13-14-33-58(54)67(59)60-34-15-17-36-62(60)70(51-28-11-4-12-29-51)63-37-18-16-35-61(63)67/h1-45H. The van der Waals surface area contributed by atoms with Gasteiger partial charge in [-0.05, 0) is 148 Å². The number of hydrogen-bond acceptors (Lipinski definition) is 4. The molecule has 0 N–H and O–H groups in total. The molecule has 0 atom stereocenters. The van der Waals surface area contributed by atoms with E-state index in [2.05, 4.69) is 288 Å². The van der Waals surface area contributed by atoms with E-state index >= 15 is 0 Å². The molecule has 2 heterocycles. The number of anilines is 9. The molecule has 0 saturated carbocycles. The number of hydrogen-bond donors (Lipinski definition) is 0. The average Bonchev–Trinajstić information content (AvgIpc) is 3.97. The van der Waals surface area contributed by atoms with E-state index in [1.807, 2.05) is 0 Å². The second-order valence-corrected chi connectivity index (χ2v) is 18.4. The van der Waals surface area contributed by atoms with Crippen LogP contribution in [0.15, 0.2) is 277 Å². The van der Waals surface area contributed by atoms with Crippen molar-refractivity contribution >= 4 is 73.1 Å². The minimum absolute atomic E-state index is 0.529. The molecule has 1 aromatic heterocycles. The molecule has 14 rings (SSSR count). The van der Waals surface area contributed by atoms with Crippen molar-refractivity contribution in [1.29, 1.82) is 0 Å². The van der Waals surface area contributed by atoms with Crippen LogP contribution in [0.2, 0.25) is 0 Å². The Kier molecular flexibility index (Phi) is 9.39. The van der Waals surface area contributed by atoms with E-state index in [-0.39, 0.29) is 0 Å². The van der Waals surface area contributed by atoms with Crippen molar-refractivity contribution in [2.45, 2.75) is 5.41 Å². The number of para-hydroxylation sites is 7. The summed E-state index contributed by atoms with van der Waals surface area (Å²) in [6, 6.07) is 98.7. The Morgan fingerprint density at radius 3 is 1.52 bits per heavy atom. The molecule has 0 radical (unpaired) electrons. The van der Waals surface area contributed by atoms with E-state index < -0.39 is 5.41 Å². The zero-order valence-corrected chi connectivity index (χ0v) is 38.7. The summed E-state index contributed by atoms with van der Waals surface area (Å²) in [6.07, 6.45) is 0. The summed E-state index contributed by atoms with van der Waals surface area (Å²) in [5.41, 5.74) is 20.9. The molecule has 0 unspecified atom stereocenters. The van der Waals surface area contributed by atoms with Crippen LogP contribution in [-0.2, 0) is 5.41 Å². The van der Waals surface area contributed by atoms with Crippen LogP contribution in [-0.4, -0.2) is 0 Å². The van der Waals surface area contributed by atoms with Crippen molar-refractivity contribution in [3.8, 4) is 22.3 Å². The Balaban J connectivity index is 0.901. The van der Waals surface area contributed by atoms with Crippen LogP contribution >= 0.6 is 0 Å². The molecule has 334 valence electrons. The molecule has 71 heavy (non-hydrogen) atoms. The summed E-state index contributed by atoms with van der Waals surface area (Å²) in [6.45, 7) is 0. The van der Waals surface area contributed by atoms with E-state index in [9.17, 15) is 0 Å². The quantitative estimate of drug-likeness (QED) is 0.152. The molecule has 0 amide bonds. The normalized spacial score (nSPS) is 12.9. The molecule has 11 aromatic carbocycles. The van der Waals surface area contributed by atoms with Gasteiger partial charge in [0.1, 0.15) is 5.58 Å². The van der Waals surface area contributed by atoms with E-state index in [0.717, 1.165) is 72.9 Å². The Labute approximate surface area is 413 Å². The van der Waals surface area contributed by atoms with E-state index in [4.69, 9.17) is 4.42 Å². The topological polar surface area (TPSA) is 22.9 Å². The molecule has 12 aromatic rings. The average molecular weight is 908 g/mol. The number of benzene rings is 11. The van der Waals surface area contributed by atoms with Crippen LogP contribution in [0.3, 0.4) is 0 Å². The lowest BCUT2D eigenvalue weighted by Crippen LogP contribution is -2.36. The van der Waals surface area contributed by atoms with Crippen LogP contribution in [0.5, 0.6) is 0 Å². The van der Waals surface area contributed by atoms with Gasteiger partial charge in [0.15, 0.2) is 5.58 Å². The first kappa shape index (κ1) is 40.7. The highest BCUT2D eigenvalue weighted by Gasteiger charge is 2.51. The zero-order chi connectivity index (χ0) is 46.9. The fraction of sp³-hybridized carbons (Fsp3) is 0.0149. The minimum Gasteiger partial charge on any atom is -0.454 e. The molecule has 4 heteroatoms. The second kappa shape index (κ2) is 16.4. The molecule has 0 fully saturated rings. The second-order valence-electron chi connectivity index (χ2n) is 18.4.